The molecule has 0 aliphatic heterocycles. The fourth-order valence-corrected chi connectivity index (χ4v) is 1.78. The zero-order valence-corrected chi connectivity index (χ0v) is 12.6. The molecule has 0 aliphatic carbocycles. The van der Waals surface area contributed by atoms with Crippen LogP contribution in [0.1, 0.15) is 19.8 Å². The van der Waals surface area contributed by atoms with Gasteiger partial charge in [0.05, 0.1) is 24.8 Å². The molecule has 0 spiro atoms. The number of benzene rings is 1. The van der Waals surface area contributed by atoms with Gasteiger partial charge in [0.1, 0.15) is 5.75 Å². The number of ether oxygens (including phenoxy) is 2. The SMILES string of the molecule is CCCOc1ccc(Cl)cc1NC(=O)CC(CN)OC. The number of hydrogen-bond acceptors (Lipinski definition) is 4. The van der Waals surface area contributed by atoms with Crippen LogP contribution in [0.3, 0.4) is 0 Å². The second-order valence-electron chi connectivity index (χ2n) is 4.33. The molecule has 6 heteroatoms. The zero-order chi connectivity index (χ0) is 15.0. The topological polar surface area (TPSA) is 73.6 Å². The summed E-state index contributed by atoms with van der Waals surface area (Å²) in [5, 5.41) is 3.31. The molecule has 20 heavy (non-hydrogen) atoms. The van der Waals surface area contributed by atoms with Gasteiger partial charge in [0.25, 0.3) is 0 Å². The van der Waals surface area contributed by atoms with E-state index in [1.165, 1.54) is 7.11 Å². The number of carbonyl (C=O) groups excluding carboxylic acids is 1. The van der Waals surface area contributed by atoms with Gasteiger partial charge in [0.15, 0.2) is 0 Å². The molecule has 0 saturated heterocycles. The maximum atomic E-state index is 11.9. The first-order valence-electron chi connectivity index (χ1n) is 6.55. The van der Waals surface area contributed by atoms with Gasteiger partial charge in [0, 0.05) is 18.7 Å². The molecule has 1 atom stereocenters. The number of amides is 1. The lowest BCUT2D eigenvalue weighted by Crippen LogP contribution is -2.28. The standard InChI is InChI=1S/C14H21ClN2O3/c1-3-6-20-13-5-4-10(15)7-12(13)17-14(18)8-11(9-16)19-2/h4-5,7,11H,3,6,8-9,16H2,1-2H3,(H,17,18). The van der Waals surface area contributed by atoms with Gasteiger partial charge < -0.3 is 20.5 Å². The minimum atomic E-state index is -0.297. The molecule has 5 nitrogen and oxygen atoms in total. The van der Waals surface area contributed by atoms with Crippen LogP contribution in [-0.2, 0) is 9.53 Å². The van der Waals surface area contributed by atoms with Gasteiger partial charge in [-0.2, -0.15) is 0 Å². The third-order valence-corrected chi connectivity index (χ3v) is 2.92. The van der Waals surface area contributed by atoms with Crippen LogP contribution < -0.4 is 15.8 Å². The Kier molecular flexibility index (Phi) is 7.36. The van der Waals surface area contributed by atoms with Crippen molar-refractivity contribution in [3.05, 3.63) is 23.2 Å². The van der Waals surface area contributed by atoms with Crippen molar-refractivity contribution in [1.82, 2.24) is 0 Å². The van der Waals surface area contributed by atoms with Crippen molar-refractivity contribution in [3.63, 3.8) is 0 Å². The Balaban J connectivity index is 2.74. The summed E-state index contributed by atoms with van der Waals surface area (Å²) < 4.78 is 10.7. The van der Waals surface area contributed by atoms with Crippen molar-refractivity contribution in [1.29, 1.82) is 0 Å². The van der Waals surface area contributed by atoms with Crippen LogP contribution in [-0.4, -0.2) is 32.3 Å². The second kappa shape index (κ2) is 8.79. The summed E-state index contributed by atoms with van der Waals surface area (Å²) in [5.41, 5.74) is 6.05. The number of nitrogens with one attached hydrogen (secondary N) is 1. The Bertz CT molecular complexity index is 436. The average molecular weight is 301 g/mol. The summed E-state index contributed by atoms with van der Waals surface area (Å²) in [6.45, 7) is 2.88. The van der Waals surface area contributed by atoms with E-state index in [2.05, 4.69) is 5.32 Å². The molecule has 1 amide bonds. The first-order valence-corrected chi connectivity index (χ1v) is 6.93. The molecule has 1 aromatic rings. The van der Waals surface area contributed by atoms with E-state index in [4.69, 9.17) is 26.8 Å². The highest BCUT2D eigenvalue weighted by atomic mass is 35.5. The van der Waals surface area contributed by atoms with Crippen LogP contribution in [0.5, 0.6) is 5.75 Å². The zero-order valence-electron chi connectivity index (χ0n) is 11.8. The van der Waals surface area contributed by atoms with Gasteiger partial charge in [-0.15, -0.1) is 0 Å². The molecule has 0 heterocycles. The minimum absolute atomic E-state index is 0.187. The normalized spacial score (nSPS) is 12.0. The van der Waals surface area contributed by atoms with E-state index >= 15 is 0 Å². The Hall–Kier alpha value is -1.30. The summed E-state index contributed by atoms with van der Waals surface area (Å²) in [5.74, 6) is 0.414. The first-order chi connectivity index (χ1) is 9.60. The minimum Gasteiger partial charge on any atom is -0.491 e. The van der Waals surface area contributed by atoms with Crippen molar-refractivity contribution in [2.45, 2.75) is 25.9 Å². The van der Waals surface area contributed by atoms with Gasteiger partial charge in [-0.05, 0) is 24.6 Å². The highest BCUT2D eigenvalue weighted by Crippen LogP contribution is 2.28. The summed E-state index contributed by atoms with van der Waals surface area (Å²) in [4.78, 5) is 11.9. The summed E-state index contributed by atoms with van der Waals surface area (Å²) in [6.07, 6.45) is 0.774. The molecule has 1 aromatic carbocycles. The fourth-order valence-electron chi connectivity index (χ4n) is 1.61. The van der Waals surface area contributed by atoms with Crippen LogP contribution in [0.2, 0.25) is 5.02 Å². The van der Waals surface area contributed by atoms with Crippen LogP contribution in [0.15, 0.2) is 18.2 Å². The average Bonchev–Trinajstić information content (AvgIpc) is 2.44. The molecule has 0 fully saturated rings. The third kappa shape index (κ3) is 5.36. The molecule has 3 N–H and O–H groups in total. The van der Waals surface area contributed by atoms with Gasteiger partial charge in [-0.3, -0.25) is 4.79 Å². The highest BCUT2D eigenvalue weighted by Gasteiger charge is 2.14. The van der Waals surface area contributed by atoms with Gasteiger partial charge in [-0.25, -0.2) is 0 Å². The predicted octanol–water partition coefficient (Wildman–Crippen LogP) is 2.43. The van der Waals surface area contributed by atoms with E-state index in [9.17, 15) is 4.79 Å². The van der Waals surface area contributed by atoms with Crippen molar-refractivity contribution in [2.24, 2.45) is 5.73 Å². The van der Waals surface area contributed by atoms with Crippen LogP contribution in [0, 0.1) is 0 Å². The lowest BCUT2D eigenvalue weighted by Gasteiger charge is -2.15. The Morgan fingerprint density at radius 2 is 2.25 bits per heavy atom. The molecular formula is C14H21ClN2O3. The van der Waals surface area contributed by atoms with Crippen molar-refractivity contribution in [3.8, 4) is 5.75 Å². The lowest BCUT2D eigenvalue weighted by atomic mass is 10.2. The Morgan fingerprint density at radius 3 is 2.85 bits per heavy atom. The number of anilines is 1. The molecule has 0 bridgehead atoms. The van der Waals surface area contributed by atoms with Crippen molar-refractivity contribution >= 4 is 23.2 Å². The fraction of sp³-hybridized carbons (Fsp3) is 0.500. The van der Waals surface area contributed by atoms with E-state index in [-0.39, 0.29) is 18.4 Å². The molecule has 1 rings (SSSR count). The molecule has 0 aliphatic rings. The molecule has 1 unspecified atom stereocenters. The quantitative estimate of drug-likeness (QED) is 0.773. The first kappa shape index (κ1) is 16.8. The monoisotopic (exact) mass is 300 g/mol. The number of nitrogens with two attached hydrogens (primary N) is 1. The lowest BCUT2D eigenvalue weighted by molar-refractivity contribution is -0.118. The molecule has 0 saturated carbocycles. The van der Waals surface area contributed by atoms with E-state index in [0.717, 1.165) is 6.42 Å². The van der Waals surface area contributed by atoms with Crippen LogP contribution >= 0.6 is 11.6 Å². The summed E-state index contributed by atoms with van der Waals surface area (Å²) in [6, 6.07) is 5.12. The van der Waals surface area contributed by atoms with Gasteiger partial charge >= 0.3 is 0 Å². The number of halogens is 1. The third-order valence-electron chi connectivity index (χ3n) is 2.69. The Morgan fingerprint density at radius 1 is 1.50 bits per heavy atom. The predicted molar refractivity (Wildman–Crippen MR) is 80.3 cm³/mol. The smallest absolute Gasteiger partial charge is 0.227 e. The number of methoxy groups -OCH3 is 1. The van der Waals surface area contributed by atoms with Gasteiger partial charge in [-0.1, -0.05) is 18.5 Å². The van der Waals surface area contributed by atoms with E-state index in [1.807, 2.05) is 6.92 Å². The maximum Gasteiger partial charge on any atom is 0.227 e. The van der Waals surface area contributed by atoms with E-state index < -0.39 is 0 Å². The van der Waals surface area contributed by atoms with E-state index in [0.29, 0.717) is 29.6 Å². The molecule has 0 radical (unpaired) electrons. The molecular weight excluding hydrogens is 280 g/mol. The highest BCUT2D eigenvalue weighted by molar-refractivity contribution is 6.31. The number of hydrogen-bond donors (Lipinski definition) is 2. The Labute approximate surface area is 124 Å². The second-order valence-corrected chi connectivity index (χ2v) is 4.77. The molecule has 0 aromatic heterocycles. The largest absolute Gasteiger partial charge is 0.491 e. The van der Waals surface area contributed by atoms with Crippen molar-refractivity contribution < 1.29 is 14.3 Å². The molecule has 112 valence electrons. The van der Waals surface area contributed by atoms with E-state index in [1.54, 1.807) is 18.2 Å². The number of carbonyl (C=O) groups is 1. The van der Waals surface area contributed by atoms with Crippen LogP contribution in [0.4, 0.5) is 5.69 Å². The van der Waals surface area contributed by atoms with Crippen molar-refractivity contribution in [2.75, 3.05) is 25.6 Å². The number of rotatable bonds is 8. The summed E-state index contributed by atoms with van der Waals surface area (Å²) in [7, 11) is 1.53. The van der Waals surface area contributed by atoms with Crippen LogP contribution in [0.25, 0.3) is 0 Å². The maximum absolute atomic E-state index is 11.9. The summed E-state index contributed by atoms with van der Waals surface area (Å²) >= 11 is 5.94. The van der Waals surface area contributed by atoms with Gasteiger partial charge in [0.2, 0.25) is 5.91 Å².